The lowest BCUT2D eigenvalue weighted by molar-refractivity contribution is -0.138. The molecule has 0 spiro atoms. The second-order valence-corrected chi connectivity index (χ2v) is 20.5. The molecule has 4 aromatic rings. The molecule has 64 heavy (non-hydrogen) atoms. The Bertz CT molecular complexity index is 2370. The molecular weight excluding hydrogens is 904 g/mol. The second kappa shape index (κ2) is 20.4. The number of aliphatic hydroxyl groups is 3. The van der Waals surface area contributed by atoms with Gasteiger partial charge in [0.2, 0.25) is 11.8 Å². The number of hydrogen-bond acceptors (Lipinski definition) is 13. The molecule has 19 heteroatoms. The van der Waals surface area contributed by atoms with E-state index < -0.39 is 59.1 Å². The van der Waals surface area contributed by atoms with Crippen LogP contribution < -0.4 is 21.3 Å². The molecule has 15 nitrogen and oxygen atoms in total. The number of ether oxygens (including phenoxy) is 1. The lowest BCUT2D eigenvalue weighted by Gasteiger charge is -2.29. The number of halogens is 2. The third-order valence-electron chi connectivity index (χ3n) is 12.5. The predicted octanol–water partition coefficient (Wildman–Crippen LogP) is 4.29. The smallest absolute Gasteiger partial charge is 0.293 e. The Labute approximate surface area is 389 Å². The quantitative estimate of drug-likeness (QED) is 0.112. The SMILES string of the molecule is CN1CCc2ccc(NC(=O)C3(NC(=O)c4ccc(Cl)s4)CC(O)C(O)C3)cc2CC1.CN1CCc2ccc(NC(=O)C3(NC(=O)c4ccc(Cl)s4)CC(O)C(OC=O)C3)cc2CC1. The third-order valence-corrected chi connectivity index (χ3v) is 14.9. The highest BCUT2D eigenvalue weighted by Gasteiger charge is 2.53. The maximum Gasteiger partial charge on any atom is 0.293 e. The average molecular weight is 956 g/mol. The predicted molar refractivity (Wildman–Crippen MR) is 246 cm³/mol. The molecule has 2 aliphatic heterocycles. The van der Waals surface area contributed by atoms with Gasteiger partial charge in [0, 0.05) is 63.2 Å². The van der Waals surface area contributed by atoms with E-state index in [-0.39, 0.29) is 32.2 Å². The van der Waals surface area contributed by atoms with Crippen molar-refractivity contribution >= 4 is 87.4 Å². The number of nitrogens with one attached hydrogen (secondary N) is 4. The van der Waals surface area contributed by atoms with Gasteiger partial charge in [-0.05, 0) is 111 Å². The summed E-state index contributed by atoms with van der Waals surface area (Å²) in [7, 11) is 4.18. The van der Waals surface area contributed by atoms with Gasteiger partial charge in [0.25, 0.3) is 18.3 Å². The fraction of sp³-hybridized carbons (Fsp3) is 0.444. The van der Waals surface area contributed by atoms with E-state index in [1.54, 1.807) is 24.3 Å². The summed E-state index contributed by atoms with van der Waals surface area (Å²) in [5.74, 6) is -1.87. The third kappa shape index (κ3) is 11.1. The van der Waals surface area contributed by atoms with Gasteiger partial charge in [-0.25, -0.2) is 0 Å². The first kappa shape index (κ1) is 47.5. The number of benzene rings is 2. The van der Waals surface area contributed by atoms with Crippen molar-refractivity contribution in [2.24, 2.45) is 0 Å². The number of likely N-dealkylation sites (N-methyl/N-ethyl adjacent to an activating group) is 2. The molecule has 342 valence electrons. The molecule has 2 aliphatic carbocycles. The highest BCUT2D eigenvalue weighted by molar-refractivity contribution is 7.18. The van der Waals surface area contributed by atoms with E-state index in [4.69, 9.17) is 27.9 Å². The summed E-state index contributed by atoms with van der Waals surface area (Å²) < 4.78 is 5.89. The van der Waals surface area contributed by atoms with E-state index >= 15 is 0 Å². The van der Waals surface area contributed by atoms with Gasteiger partial charge >= 0.3 is 0 Å². The van der Waals surface area contributed by atoms with Gasteiger partial charge in [-0.1, -0.05) is 35.3 Å². The van der Waals surface area contributed by atoms with Crippen LogP contribution in [0.5, 0.6) is 0 Å². The fourth-order valence-electron chi connectivity index (χ4n) is 8.78. The summed E-state index contributed by atoms with van der Waals surface area (Å²) >= 11 is 14.1. The number of thiophene rings is 2. The molecule has 0 radical (unpaired) electrons. The molecule has 5 unspecified atom stereocenters. The van der Waals surface area contributed by atoms with Crippen LogP contribution in [0.1, 0.15) is 67.3 Å². The lowest BCUT2D eigenvalue weighted by Crippen LogP contribution is -2.55. The number of anilines is 2. The zero-order valence-corrected chi connectivity index (χ0v) is 38.5. The van der Waals surface area contributed by atoms with Gasteiger partial charge in [0.1, 0.15) is 17.2 Å². The average Bonchev–Trinajstić information content (AvgIpc) is 3.99. The number of carbonyl (C=O) groups excluding carboxylic acids is 5. The monoisotopic (exact) mass is 954 g/mol. The van der Waals surface area contributed by atoms with Crippen LogP contribution in [-0.4, -0.2) is 131 Å². The number of nitrogens with zero attached hydrogens (tertiary/aromatic N) is 2. The Morgan fingerprint density at radius 3 is 1.44 bits per heavy atom. The molecule has 7 N–H and O–H groups in total. The molecule has 4 heterocycles. The summed E-state index contributed by atoms with van der Waals surface area (Å²) in [5, 5.41) is 42.1. The van der Waals surface area contributed by atoms with Crippen molar-refractivity contribution in [1.82, 2.24) is 20.4 Å². The van der Waals surface area contributed by atoms with E-state index in [9.17, 15) is 39.3 Å². The number of rotatable bonds is 10. The summed E-state index contributed by atoms with van der Waals surface area (Å²) in [6.45, 7) is 4.11. The van der Waals surface area contributed by atoms with Crippen molar-refractivity contribution < 1.29 is 44.0 Å². The molecule has 0 bridgehead atoms. The standard InChI is InChI=1S/C23H26ClN3O5S.C22H26ClN3O4S/c1-27-8-6-14-2-3-16(10-15(14)7-9-27)25-22(31)23(11-17(29)18(12-23)32-13-28)26-21(30)19-4-5-20(24)33-19;1-26-8-6-13-2-3-15(10-14(13)7-9-26)24-21(30)22(11-16(27)17(28)12-22)25-20(29)18-4-5-19(23)31-18/h2-5,10,13,17-18,29H,6-9,11-12H2,1H3,(H,25,31)(H,26,30);2-5,10,16-17,27-28H,6-9,11-12H2,1H3,(H,24,30)(H,25,29). The summed E-state index contributed by atoms with van der Waals surface area (Å²) in [6, 6.07) is 18.1. The minimum Gasteiger partial charge on any atom is -0.462 e. The van der Waals surface area contributed by atoms with Gasteiger partial charge in [0.05, 0.1) is 36.7 Å². The number of aliphatic hydroxyl groups excluding tert-OH is 3. The van der Waals surface area contributed by atoms with Crippen LogP contribution in [0, 0.1) is 0 Å². The Balaban J connectivity index is 0.000000192. The van der Waals surface area contributed by atoms with Crippen LogP contribution in [0.2, 0.25) is 8.67 Å². The number of hydrogen-bond donors (Lipinski definition) is 7. The van der Waals surface area contributed by atoms with Crippen molar-refractivity contribution in [3.8, 4) is 0 Å². The minimum atomic E-state index is -1.45. The molecule has 2 saturated carbocycles. The zero-order valence-electron chi connectivity index (χ0n) is 35.4. The van der Waals surface area contributed by atoms with Crippen LogP contribution >= 0.6 is 45.9 Å². The first-order valence-corrected chi connectivity index (χ1v) is 23.5. The first-order valence-electron chi connectivity index (χ1n) is 21.1. The van der Waals surface area contributed by atoms with Crippen LogP contribution in [-0.2, 0) is 44.8 Å². The van der Waals surface area contributed by atoms with Crippen LogP contribution in [0.25, 0.3) is 0 Å². The van der Waals surface area contributed by atoms with Crippen molar-refractivity contribution in [2.75, 3.05) is 50.9 Å². The molecular formula is C45H52Cl2N6O9S2. The largest absolute Gasteiger partial charge is 0.462 e. The molecule has 8 rings (SSSR count). The molecule has 2 aromatic heterocycles. The molecule has 4 amide bonds. The maximum absolute atomic E-state index is 13.5. The topological polar surface area (TPSA) is 210 Å². The highest BCUT2D eigenvalue weighted by atomic mass is 35.5. The van der Waals surface area contributed by atoms with E-state index in [0.717, 1.165) is 74.5 Å². The Hall–Kier alpha value is -4.43. The number of fused-ring (bicyclic) bond motifs is 2. The van der Waals surface area contributed by atoms with Crippen LogP contribution in [0.15, 0.2) is 60.7 Å². The van der Waals surface area contributed by atoms with Crippen molar-refractivity contribution in [2.45, 2.75) is 86.9 Å². The summed E-state index contributed by atoms with van der Waals surface area (Å²) in [5.41, 5.74) is 3.28. The van der Waals surface area contributed by atoms with Gasteiger partial charge in [-0.2, -0.15) is 0 Å². The summed E-state index contributed by atoms with van der Waals surface area (Å²) in [6.07, 6.45) is -0.765. The van der Waals surface area contributed by atoms with Gasteiger partial charge < -0.3 is 51.1 Å². The highest BCUT2D eigenvalue weighted by Crippen LogP contribution is 2.36. The molecule has 4 aliphatic rings. The van der Waals surface area contributed by atoms with E-state index in [1.807, 2.05) is 36.4 Å². The zero-order chi connectivity index (χ0) is 45.8. The normalized spacial score (nSPS) is 25.6. The van der Waals surface area contributed by atoms with Crippen LogP contribution in [0.4, 0.5) is 11.4 Å². The first-order chi connectivity index (χ1) is 30.5. The summed E-state index contributed by atoms with van der Waals surface area (Å²) in [4.78, 5) is 68.5. The van der Waals surface area contributed by atoms with E-state index in [2.05, 4.69) is 45.2 Å². The Morgan fingerprint density at radius 2 is 1.03 bits per heavy atom. The molecule has 0 saturated heterocycles. The van der Waals surface area contributed by atoms with E-state index in [0.29, 0.717) is 29.8 Å². The van der Waals surface area contributed by atoms with Gasteiger partial charge in [-0.15, -0.1) is 22.7 Å². The molecule has 2 fully saturated rings. The van der Waals surface area contributed by atoms with Crippen molar-refractivity contribution in [3.05, 3.63) is 101 Å². The molecule has 2 aromatic carbocycles. The van der Waals surface area contributed by atoms with Crippen molar-refractivity contribution in [1.29, 1.82) is 0 Å². The molecule has 5 atom stereocenters. The Kier molecular flexibility index (Phi) is 15.1. The van der Waals surface area contributed by atoms with E-state index in [1.165, 1.54) is 22.3 Å². The van der Waals surface area contributed by atoms with Gasteiger partial charge in [-0.3, -0.25) is 24.0 Å². The minimum absolute atomic E-state index is 0.0423. The lowest BCUT2D eigenvalue weighted by atomic mass is 9.95. The Morgan fingerprint density at radius 1 is 0.625 bits per heavy atom. The fourth-order valence-corrected chi connectivity index (χ4v) is 10.7. The second-order valence-electron chi connectivity index (χ2n) is 17.1. The van der Waals surface area contributed by atoms with Gasteiger partial charge in [0.15, 0.2) is 0 Å². The van der Waals surface area contributed by atoms with Crippen LogP contribution in [0.3, 0.4) is 0 Å². The maximum atomic E-state index is 13.5. The number of carbonyl (C=O) groups is 5. The van der Waals surface area contributed by atoms with Crippen molar-refractivity contribution in [3.63, 3.8) is 0 Å². The number of amides is 4.